The summed E-state index contributed by atoms with van der Waals surface area (Å²) in [6.07, 6.45) is 1.13. The number of anilines is 1. The molecule has 1 heterocycles. The topological polar surface area (TPSA) is 45.4 Å². The maximum atomic E-state index is 6.07. The first-order valence-electron chi connectivity index (χ1n) is 5.73. The van der Waals surface area contributed by atoms with Gasteiger partial charge in [0.25, 0.3) is 0 Å². The van der Waals surface area contributed by atoms with E-state index in [-0.39, 0.29) is 0 Å². The lowest BCUT2D eigenvalue weighted by molar-refractivity contribution is 0.292. The van der Waals surface area contributed by atoms with Crippen LogP contribution in [0.25, 0.3) is 0 Å². The van der Waals surface area contributed by atoms with Gasteiger partial charge in [-0.2, -0.15) is 0 Å². The van der Waals surface area contributed by atoms with Gasteiger partial charge in [0.1, 0.15) is 5.82 Å². The molecule has 0 aliphatic rings. The Morgan fingerprint density at radius 1 is 1.24 bits per heavy atom. The molecule has 0 spiro atoms. The van der Waals surface area contributed by atoms with Crippen LogP contribution < -0.4 is 5.73 Å². The number of halogens is 1. The zero-order valence-electron chi connectivity index (χ0n) is 10.8. The molecule has 5 heteroatoms. The molecule has 0 atom stereocenters. The van der Waals surface area contributed by atoms with Gasteiger partial charge in [-0.05, 0) is 52.8 Å². The number of nitrogen functional groups attached to an aromatic ring is 1. The maximum Gasteiger partial charge on any atom is 0.123 e. The Kier molecular flexibility index (Phi) is 5.68. The summed E-state index contributed by atoms with van der Waals surface area (Å²) in [7, 11) is 6.23. The molecule has 0 aliphatic carbocycles. The molecule has 0 unspecified atom stereocenters. The fourth-order valence-corrected chi connectivity index (χ4v) is 1.77. The van der Waals surface area contributed by atoms with E-state index in [0.29, 0.717) is 10.8 Å². The van der Waals surface area contributed by atoms with Crippen molar-refractivity contribution in [1.82, 2.24) is 14.8 Å². The predicted octanol–water partition coefficient (Wildman–Crippen LogP) is 1.70. The Morgan fingerprint density at radius 2 is 1.94 bits per heavy atom. The fourth-order valence-electron chi connectivity index (χ4n) is 1.60. The molecule has 1 aromatic rings. The SMILES string of the molecule is CN(C)CCCN(C)Cc1nc(N)ccc1Cl. The van der Waals surface area contributed by atoms with Crippen molar-refractivity contribution in [1.29, 1.82) is 0 Å². The molecular formula is C12H21ClN4. The van der Waals surface area contributed by atoms with Crippen LogP contribution in [0, 0.1) is 0 Å². The van der Waals surface area contributed by atoms with Gasteiger partial charge in [0.05, 0.1) is 10.7 Å². The minimum absolute atomic E-state index is 0.520. The molecule has 0 bridgehead atoms. The van der Waals surface area contributed by atoms with Crippen LogP contribution in [0.4, 0.5) is 5.82 Å². The average Bonchev–Trinajstić information content (AvgIpc) is 2.23. The highest BCUT2D eigenvalue weighted by Crippen LogP contribution is 2.16. The summed E-state index contributed by atoms with van der Waals surface area (Å²) in [5, 5.41) is 0.679. The Morgan fingerprint density at radius 3 is 2.59 bits per heavy atom. The second-order valence-electron chi connectivity index (χ2n) is 4.56. The molecule has 96 valence electrons. The molecule has 2 N–H and O–H groups in total. The van der Waals surface area contributed by atoms with Crippen LogP contribution in [-0.2, 0) is 6.54 Å². The van der Waals surface area contributed by atoms with E-state index in [9.17, 15) is 0 Å². The van der Waals surface area contributed by atoms with Gasteiger partial charge < -0.3 is 15.5 Å². The van der Waals surface area contributed by atoms with Crippen molar-refractivity contribution >= 4 is 17.4 Å². The molecule has 17 heavy (non-hydrogen) atoms. The third-order valence-corrected chi connectivity index (χ3v) is 2.85. The lowest BCUT2D eigenvalue weighted by Gasteiger charge is -2.18. The smallest absolute Gasteiger partial charge is 0.123 e. The zero-order valence-corrected chi connectivity index (χ0v) is 11.5. The van der Waals surface area contributed by atoms with Gasteiger partial charge in [-0.3, -0.25) is 0 Å². The van der Waals surface area contributed by atoms with Gasteiger partial charge >= 0.3 is 0 Å². The maximum absolute atomic E-state index is 6.07. The lowest BCUT2D eigenvalue weighted by atomic mass is 10.3. The van der Waals surface area contributed by atoms with Crippen molar-refractivity contribution in [2.45, 2.75) is 13.0 Å². The third-order valence-electron chi connectivity index (χ3n) is 2.51. The third kappa shape index (κ3) is 5.35. The first kappa shape index (κ1) is 14.2. The summed E-state index contributed by atoms with van der Waals surface area (Å²) < 4.78 is 0. The number of nitrogens with zero attached hydrogens (tertiary/aromatic N) is 3. The van der Waals surface area contributed by atoms with Gasteiger partial charge in [0.2, 0.25) is 0 Å². The van der Waals surface area contributed by atoms with E-state index in [4.69, 9.17) is 17.3 Å². The predicted molar refractivity (Wildman–Crippen MR) is 73.2 cm³/mol. The largest absolute Gasteiger partial charge is 0.384 e. The molecule has 0 saturated carbocycles. The van der Waals surface area contributed by atoms with Crippen LogP contribution in [0.3, 0.4) is 0 Å². The number of nitrogens with two attached hydrogens (primary N) is 1. The van der Waals surface area contributed by atoms with Crippen molar-refractivity contribution in [3.05, 3.63) is 22.8 Å². The highest BCUT2D eigenvalue weighted by molar-refractivity contribution is 6.31. The van der Waals surface area contributed by atoms with E-state index >= 15 is 0 Å². The number of pyridine rings is 1. The molecule has 0 aliphatic heterocycles. The van der Waals surface area contributed by atoms with Gasteiger partial charge in [-0.1, -0.05) is 11.6 Å². The van der Waals surface area contributed by atoms with Crippen molar-refractivity contribution in [3.8, 4) is 0 Å². The summed E-state index contributed by atoms with van der Waals surface area (Å²) >= 11 is 6.07. The summed E-state index contributed by atoms with van der Waals surface area (Å²) in [5.41, 5.74) is 6.49. The molecule has 0 radical (unpaired) electrons. The van der Waals surface area contributed by atoms with Gasteiger partial charge in [0, 0.05) is 6.54 Å². The molecule has 4 nitrogen and oxygen atoms in total. The molecule has 0 amide bonds. The van der Waals surface area contributed by atoms with E-state index in [0.717, 1.165) is 31.7 Å². The second kappa shape index (κ2) is 6.79. The Balaban J connectivity index is 2.44. The lowest BCUT2D eigenvalue weighted by Crippen LogP contribution is -2.24. The zero-order chi connectivity index (χ0) is 12.8. The van der Waals surface area contributed by atoms with E-state index in [2.05, 4.69) is 35.9 Å². The van der Waals surface area contributed by atoms with Crippen molar-refractivity contribution in [2.75, 3.05) is 40.0 Å². The van der Waals surface area contributed by atoms with Crippen molar-refractivity contribution < 1.29 is 0 Å². The molecule has 0 fully saturated rings. The Bertz CT molecular complexity index is 354. The quantitative estimate of drug-likeness (QED) is 0.842. The van der Waals surface area contributed by atoms with Crippen molar-refractivity contribution in [2.24, 2.45) is 0 Å². The van der Waals surface area contributed by atoms with E-state index in [1.165, 1.54) is 0 Å². The van der Waals surface area contributed by atoms with E-state index < -0.39 is 0 Å². The first-order valence-corrected chi connectivity index (χ1v) is 6.11. The minimum atomic E-state index is 0.520. The summed E-state index contributed by atoms with van der Waals surface area (Å²) in [4.78, 5) is 8.64. The molecule has 0 aromatic carbocycles. The summed E-state index contributed by atoms with van der Waals surface area (Å²) in [5.74, 6) is 0.520. The average molecular weight is 257 g/mol. The number of rotatable bonds is 6. The van der Waals surface area contributed by atoms with E-state index in [1.807, 2.05) is 0 Å². The van der Waals surface area contributed by atoms with Gasteiger partial charge in [-0.25, -0.2) is 4.98 Å². The highest BCUT2D eigenvalue weighted by atomic mass is 35.5. The highest BCUT2D eigenvalue weighted by Gasteiger charge is 2.06. The molecule has 1 aromatic heterocycles. The first-order chi connectivity index (χ1) is 7.99. The number of hydrogen-bond acceptors (Lipinski definition) is 4. The second-order valence-corrected chi connectivity index (χ2v) is 4.97. The van der Waals surface area contributed by atoms with Crippen LogP contribution >= 0.6 is 11.6 Å². The minimum Gasteiger partial charge on any atom is -0.384 e. The molecule has 0 saturated heterocycles. The van der Waals surface area contributed by atoms with Gasteiger partial charge in [-0.15, -0.1) is 0 Å². The summed E-state index contributed by atoms with van der Waals surface area (Å²) in [6, 6.07) is 3.52. The Labute approximate surface area is 108 Å². The van der Waals surface area contributed by atoms with Crippen LogP contribution in [0.1, 0.15) is 12.1 Å². The van der Waals surface area contributed by atoms with Crippen LogP contribution in [0.2, 0.25) is 5.02 Å². The fraction of sp³-hybridized carbons (Fsp3) is 0.583. The van der Waals surface area contributed by atoms with Gasteiger partial charge in [0.15, 0.2) is 0 Å². The number of aromatic nitrogens is 1. The standard InChI is InChI=1S/C12H21ClN4/c1-16(2)7-4-8-17(3)9-11-10(13)5-6-12(14)15-11/h5-6H,4,7-9H2,1-3H3,(H2,14,15). The van der Waals surface area contributed by atoms with Crippen LogP contribution in [0.5, 0.6) is 0 Å². The van der Waals surface area contributed by atoms with Crippen LogP contribution in [-0.4, -0.2) is 49.0 Å². The van der Waals surface area contributed by atoms with Crippen molar-refractivity contribution in [3.63, 3.8) is 0 Å². The number of hydrogen-bond donors (Lipinski definition) is 1. The summed E-state index contributed by atoms with van der Waals surface area (Å²) in [6.45, 7) is 2.84. The van der Waals surface area contributed by atoms with E-state index in [1.54, 1.807) is 12.1 Å². The molecular weight excluding hydrogens is 236 g/mol. The molecule has 1 rings (SSSR count). The van der Waals surface area contributed by atoms with Crippen LogP contribution in [0.15, 0.2) is 12.1 Å². The normalized spacial score (nSPS) is 11.4. The monoisotopic (exact) mass is 256 g/mol. The Hall–Kier alpha value is -0.840.